The lowest BCUT2D eigenvalue weighted by molar-refractivity contribution is 0.0940. The van der Waals surface area contributed by atoms with Crippen molar-refractivity contribution in [1.82, 2.24) is 20.3 Å². The van der Waals surface area contributed by atoms with E-state index in [-0.39, 0.29) is 24.7 Å². The van der Waals surface area contributed by atoms with E-state index in [0.29, 0.717) is 22.8 Å². The number of carbonyl (C=O) groups is 1. The quantitative estimate of drug-likeness (QED) is 0.304. The van der Waals surface area contributed by atoms with Crippen LogP contribution < -0.4 is 22.3 Å². The summed E-state index contributed by atoms with van der Waals surface area (Å²) in [7, 11) is 0. The second-order valence-electron chi connectivity index (χ2n) is 3.91. The molecule has 2 rings (SSSR count). The van der Waals surface area contributed by atoms with E-state index >= 15 is 0 Å². The Balaban J connectivity index is 2.27. The zero-order valence-electron chi connectivity index (χ0n) is 10.6. The van der Waals surface area contributed by atoms with Gasteiger partial charge in [0.25, 0.3) is 5.91 Å². The molecule has 0 saturated carbocycles. The van der Waals surface area contributed by atoms with Gasteiger partial charge in [0.2, 0.25) is 0 Å². The lowest BCUT2D eigenvalue weighted by Crippen LogP contribution is -2.26. The van der Waals surface area contributed by atoms with E-state index in [4.69, 9.17) is 16.7 Å². The predicted octanol–water partition coefficient (Wildman–Crippen LogP) is -0.938. The van der Waals surface area contributed by atoms with Crippen LogP contribution in [0.25, 0.3) is 11.3 Å². The molecule has 0 atom stereocenters. The maximum Gasteiger partial charge on any atom is 0.267 e. The molecule has 0 spiro atoms. The van der Waals surface area contributed by atoms with Crippen molar-refractivity contribution in [2.75, 3.05) is 24.3 Å². The highest BCUT2D eigenvalue weighted by atomic mass is 16.3. The average molecular weight is 277 g/mol. The van der Waals surface area contributed by atoms with Crippen molar-refractivity contribution >= 4 is 17.4 Å². The van der Waals surface area contributed by atoms with Gasteiger partial charge in [-0.15, -0.1) is 0 Å². The second-order valence-corrected chi connectivity index (χ2v) is 3.91. The van der Waals surface area contributed by atoms with E-state index in [2.05, 4.69) is 25.7 Å². The summed E-state index contributed by atoms with van der Waals surface area (Å²) < 4.78 is 0. The summed E-state index contributed by atoms with van der Waals surface area (Å²) in [6.45, 7) is 0.0633. The van der Waals surface area contributed by atoms with Gasteiger partial charge in [-0.05, 0) is 6.07 Å². The fraction of sp³-hybridized carbons (Fsp3) is 0.182. The molecule has 0 aromatic carbocycles. The van der Waals surface area contributed by atoms with Crippen LogP contribution in [-0.4, -0.2) is 39.1 Å². The Morgan fingerprint density at radius 2 is 2.25 bits per heavy atom. The van der Waals surface area contributed by atoms with Crippen LogP contribution in [0.3, 0.4) is 0 Å². The van der Waals surface area contributed by atoms with Gasteiger partial charge in [-0.1, -0.05) is 0 Å². The summed E-state index contributed by atoms with van der Waals surface area (Å²) in [5, 5.41) is 11.2. The molecule has 9 heteroatoms. The van der Waals surface area contributed by atoms with Gasteiger partial charge in [0.1, 0.15) is 23.4 Å². The minimum atomic E-state index is -0.324. The number of nitrogens with two attached hydrogens (primary N) is 2. The number of aromatic amines is 1. The van der Waals surface area contributed by atoms with E-state index in [9.17, 15) is 4.79 Å². The summed E-state index contributed by atoms with van der Waals surface area (Å²) >= 11 is 0. The highest BCUT2D eigenvalue weighted by molar-refractivity contribution is 5.94. The standard InChI is InChI=1S/C11H15N7O2/c12-8-9(16-5-17-10(8)18-13)6-3-7(15-4-6)11(20)14-1-2-19/h3-5,15,19H,1-2,12-13H2,(H,14,20)(H,16,17,18). The third-order valence-electron chi connectivity index (χ3n) is 2.62. The Hall–Kier alpha value is -2.65. The first-order chi connectivity index (χ1) is 9.67. The van der Waals surface area contributed by atoms with Gasteiger partial charge in [0, 0.05) is 18.3 Å². The fourth-order valence-electron chi connectivity index (χ4n) is 1.67. The lowest BCUT2D eigenvalue weighted by Gasteiger charge is -2.06. The van der Waals surface area contributed by atoms with Gasteiger partial charge < -0.3 is 26.6 Å². The van der Waals surface area contributed by atoms with Crippen molar-refractivity contribution < 1.29 is 9.90 Å². The van der Waals surface area contributed by atoms with E-state index in [1.807, 2.05) is 0 Å². The third kappa shape index (κ3) is 2.68. The number of hydrogen-bond donors (Lipinski definition) is 6. The molecule has 2 aromatic rings. The number of aromatic nitrogens is 3. The number of hydrazine groups is 1. The molecule has 0 saturated heterocycles. The number of aliphatic hydroxyl groups is 1. The van der Waals surface area contributed by atoms with Crippen molar-refractivity contribution in [3.05, 3.63) is 24.3 Å². The smallest absolute Gasteiger partial charge is 0.267 e. The lowest BCUT2D eigenvalue weighted by atomic mass is 10.2. The average Bonchev–Trinajstić information content (AvgIpc) is 2.94. The molecule has 0 unspecified atom stereocenters. The summed E-state index contributed by atoms with van der Waals surface area (Å²) in [4.78, 5) is 22.5. The predicted molar refractivity (Wildman–Crippen MR) is 73.5 cm³/mol. The van der Waals surface area contributed by atoms with Crippen molar-refractivity contribution in [2.45, 2.75) is 0 Å². The highest BCUT2D eigenvalue weighted by Gasteiger charge is 2.13. The number of carbonyl (C=O) groups excluding carboxylic acids is 1. The van der Waals surface area contributed by atoms with Gasteiger partial charge >= 0.3 is 0 Å². The van der Waals surface area contributed by atoms with Crippen molar-refractivity contribution in [3.63, 3.8) is 0 Å². The number of amides is 1. The molecule has 0 fully saturated rings. The van der Waals surface area contributed by atoms with Crippen LogP contribution in [0.1, 0.15) is 10.5 Å². The fourth-order valence-corrected chi connectivity index (χ4v) is 1.67. The molecule has 0 bridgehead atoms. The Morgan fingerprint density at radius 1 is 1.45 bits per heavy atom. The number of aliphatic hydroxyl groups excluding tert-OH is 1. The van der Waals surface area contributed by atoms with Crippen molar-refractivity contribution in [3.8, 4) is 11.3 Å². The number of nitrogens with zero attached hydrogens (tertiary/aromatic N) is 2. The van der Waals surface area contributed by atoms with Crippen molar-refractivity contribution in [2.24, 2.45) is 5.84 Å². The SMILES string of the molecule is NNc1ncnc(-c2c[nH]c(C(=O)NCCO)c2)c1N. The zero-order valence-corrected chi connectivity index (χ0v) is 10.6. The Labute approximate surface area is 114 Å². The number of nitrogen functional groups attached to an aromatic ring is 2. The topological polar surface area (TPSA) is 155 Å². The first kappa shape index (κ1) is 13.8. The van der Waals surface area contributed by atoms with E-state index in [1.165, 1.54) is 6.33 Å². The maximum atomic E-state index is 11.7. The van der Waals surface area contributed by atoms with Crippen molar-refractivity contribution in [1.29, 1.82) is 0 Å². The number of anilines is 2. The normalized spacial score (nSPS) is 10.3. The maximum absolute atomic E-state index is 11.7. The third-order valence-corrected chi connectivity index (χ3v) is 2.62. The summed E-state index contributed by atoms with van der Waals surface area (Å²) in [6, 6.07) is 1.60. The Kier molecular flexibility index (Phi) is 4.13. The molecule has 0 aliphatic heterocycles. The Morgan fingerprint density at radius 3 is 2.95 bits per heavy atom. The summed E-state index contributed by atoms with van der Waals surface area (Å²) in [6.07, 6.45) is 2.92. The molecule has 106 valence electrons. The molecule has 2 heterocycles. The van der Waals surface area contributed by atoms with Gasteiger partial charge in [-0.2, -0.15) is 0 Å². The molecule has 20 heavy (non-hydrogen) atoms. The minimum Gasteiger partial charge on any atom is -0.395 e. The molecule has 0 aliphatic rings. The number of hydrogen-bond acceptors (Lipinski definition) is 7. The number of nitrogens with one attached hydrogen (secondary N) is 3. The first-order valence-corrected chi connectivity index (χ1v) is 5.82. The van der Waals surface area contributed by atoms with Crippen LogP contribution in [0.5, 0.6) is 0 Å². The monoisotopic (exact) mass is 277 g/mol. The van der Waals surface area contributed by atoms with Crippen LogP contribution in [0.4, 0.5) is 11.5 Å². The molecule has 9 nitrogen and oxygen atoms in total. The summed E-state index contributed by atoms with van der Waals surface area (Å²) in [5.41, 5.74) is 9.97. The van der Waals surface area contributed by atoms with Crippen LogP contribution in [0, 0.1) is 0 Å². The van der Waals surface area contributed by atoms with Gasteiger partial charge in [0.15, 0.2) is 5.82 Å². The minimum absolute atomic E-state index is 0.121. The highest BCUT2D eigenvalue weighted by Crippen LogP contribution is 2.27. The van der Waals surface area contributed by atoms with Gasteiger partial charge in [-0.3, -0.25) is 4.79 Å². The number of H-pyrrole nitrogens is 1. The first-order valence-electron chi connectivity index (χ1n) is 5.82. The molecule has 0 radical (unpaired) electrons. The van der Waals surface area contributed by atoms with Gasteiger partial charge in [-0.25, -0.2) is 15.8 Å². The number of rotatable bonds is 5. The molecular formula is C11H15N7O2. The molecule has 1 amide bonds. The van der Waals surface area contributed by atoms with Crippen LogP contribution in [0.2, 0.25) is 0 Å². The van der Waals surface area contributed by atoms with Gasteiger partial charge in [0.05, 0.1) is 6.61 Å². The molecule has 8 N–H and O–H groups in total. The molecular weight excluding hydrogens is 262 g/mol. The molecule has 2 aromatic heterocycles. The van der Waals surface area contributed by atoms with Crippen LogP contribution >= 0.6 is 0 Å². The second kappa shape index (κ2) is 5.99. The summed E-state index contributed by atoms with van der Waals surface area (Å²) in [5.74, 6) is 5.27. The van der Waals surface area contributed by atoms with E-state index in [1.54, 1.807) is 12.3 Å². The zero-order chi connectivity index (χ0) is 14.5. The van der Waals surface area contributed by atoms with E-state index < -0.39 is 0 Å². The van der Waals surface area contributed by atoms with E-state index in [0.717, 1.165) is 0 Å². The Bertz CT molecular complexity index is 611. The largest absolute Gasteiger partial charge is 0.395 e. The van der Waals surface area contributed by atoms with Crippen LogP contribution in [0.15, 0.2) is 18.6 Å². The molecule has 0 aliphatic carbocycles. The van der Waals surface area contributed by atoms with Crippen LogP contribution in [-0.2, 0) is 0 Å².